The lowest BCUT2D eigenvalue weighted by atomic mass is 9.98. The fourth-order valence-corrected chi connectivity index (χ4v) is 1.90. The van der Waals surface area contributed by atoms with E-state index < -0.39 is 23.3 Å². The third-order valence-corrected chi connectivity index (χ3v) is 2.76. The van der Waals surface area contributed by atoms with Crippen molar-refractivity contribution in [2.24, 2.45) is 0 Å². The van der Waals surface area contributed by atoms with E-state index in [-0.39, 0.29) is 12.1 Å². The number of nitrogens with one attached hydrogen (secondary N) is 1. The summed E-state index contributed by atoms with van der Waals surface area (Å²) in [5.74, 6) is -4.53. The Morgan fingerprint density at radius 1 is 0.895 bits per heavy atom. The van der Waals surface area contributed by atoms with Gasteiger partial charge in [0.05, 0.1) is 0 Å². The van der Waals surface area contributed by atoms with Crippen LogP contribution in [0.4, 0.5) is 17.6 Å². The molecule has 0 saturated heterocycles. The highest BCUT2D eigenvalue weighted by atomic mass is 19.2. The molecular weight excluding hydrogens is 258 g/mol. The predicted octanol–water partition coefficient (Wildman–Crippen LogP) is 3.63. The maximum Gasteiger partial charge on any atom is 0.195 e. The third kappa shape index (κ3) is 2.61. The zero-order valence-electron chi connectivity index (χ0n) is 10.1. The van der Waals surface area contributed by atoms with Gasteiger partial charge in [-0.05, 0) is 42.4 Å². The normalized spacial score (nSPS) is 10.8. The van der Waals surface area contributed by atoms with Gasteiger partial charge >= 0.3 is 0 Å². The largest absolute Gasteiger partial charge is 0.316 e. The molecule has 0 fully saturated rings. The number of rotatable bonds is 3. The van der Waals surface area contributed by atoms with E-state index in [9.17, 15) is 17.6 Å². The summed E-state index contributed by atoms with van der Waals surface area (Å²) in [6, 6.07) is 5.71. The minimum atomic E-state index is -1.53. The average Bonchev–Trinajstić information content (AvgIpc) is 2.38. The van der Waals surface area contributed by atoms with Crippen molar-refractivity contribution in [3.8, 4) is 11.1 Å². The lowest BCUT2D eigenvalue weighted by molar-refractivity contribution is 0.449. The summed E-state index contributed by atoms with van der Waals surface area (Å²) < 4.78 is 53.0. The highest BCUT2D eigenvalue weighted by Gasteiger charge is 2.17. The standard InChI is InChI=1S/C14H11F4N/c1-19-7-8-6-9(15)2-3-10(8)11-4-5-12(16)14(18)13(11)17/h2-6,19H,7H2,1H3. The molecule has 0 aliphatic rings. The number of halogens is 4. The summed E-state index contributed by atoms with van der Waals surface area (Å²) in [6.07, 6.45) is 0. The predicted molar refractivity (Wildman–Crippen MR) is 64.5 cm³/mol. The monoisotopic (exact) mass is 269 g/mol. The van der Waals surface area contributed by atoms with Crippen molar-refractivity contribution in [2.45, 2.75) is 6.54 Å². The molecule has 0 heterocycles. The molecule has 0 bridgehead atoms. The van der Waals surface area contributed by atoms with Gasteiger partial charge in [0.15, 0.2) is 17.5 Å². The van der Waals surface area contributed by atoms with E-state index >= 15 is 0 Å². The van der Waals surface area contributed by atoms with Crippen LogP contribution in [0.25, 0.3) is 11.1 Å². The van der Waals surface area contributed by atoms with Gasteiger partial charge in [-0.3, -0.25) is 0 Å². The summed E-state index contributed by atoms with van der Waals surface area (Å²) in [7, 11) is 1.65. The number of hydrogen-bond donors (Lipinski definition) is 1. The molecule has 0 atom stereocenters. The summed E-state index contributed by atoms with van der Waals surface area (Å²) in [5.41, 5.74) is 0.698. The Morgan fingerprint density at radius 3 is 2.26 bits per heavy atom. The fourth-order valence-electron chi connectivity index (χ4n) is 1.90. The summed E-state index contributed by atoms with van der Waals surface area (Å²) in [4.78, 5) is 0. The van der Waals surface area contributed by atoms with E-state index in [1.54, 1.807) is 7.05 Å². The molecule has 0 radical (unpaired) electrons. The average molecular weight is 269 g/mol. The lowest BCUT2D eigenvalue weighted by Gasteiger charge is -2.11. The molecule has 2 rings (SSSR count). The van der Waals surface area contributed by atoms with Crippen LogP contribution in [0.15, 0.2) is 30.3 Å². The molecule has 0 aliphatic carbocycles. The Kier molecular flexibility index (Phi) is 3.85. The van der Waals surface area contributed by atoms with E-state index in [1.165, 1.54) is 12.1 Å². The first kappa shape index (κ1) is 13.5. The van der Waals surface area contributed by atoms with Crippen LogP contribution in [-0.4, -0.2) is 7.05 Å². The fraction of sp³-hybridized carbons (Fsp3) is 0.143. The van der Waals surface area contributed by atoms with Crippen LogP contribution in [0.2, 0.25) is 0 Å². The summed E-state index contributed by atoms with van der Waals surface area (Å²) in [6.45, 7) is 0.283. The second kappa shape index (κ2) is 5.40. The Morgan fingerprint density at radius 2 is 1.58 bits per heavy atom. The van der Waals surface area contributed by atoms with Crippen LogP contribution in [-0.2, 0) is 6.54 Å². The lowest BCUT2D eigenvalue weighted by Crippen LogP contribution is -2.07. The van der Waals surface area contributed by atoms with Crippen LogP contribution in [0.3, 0.4) is 0 Å². The van der Waals surface area contributed by atoms with Crippen LogP contribution < -0.4 is 5.32 Å². The van der Waals surface area contributed by atoms with E-state index in [2.05, 4.69) is 5.32 Å². The molecule has 1 N–H and O–H groups in total. The first-order chi connectivity index (χ1) is 9.04. The molecule has 5 heteroatoms. The van der Waals surface area contributed by atoms with Gasteiger partial charge < -0.3 is 5.32 Å². The zero-order chi connectivity index (χ0) is 14.0. The molecule has 2 aromatic carbocycles. The van der Waals surface area contributed by atoms with Gasteiger partial charge in [-0.15, -0.1) is 0 Å². The van der Waals surface area contributed by atoms with Gasteiger partial charge in [0.25, 0.3) is 0 Å². The van der Waals surface area contributed by atoms with Crippen molar-refractivity contribution >= 4 is 0 Å². The van der Waals surface area contributed by atoms with Crippen molar-refractivity contribution in [1.29, 1.82) is 0 Å². The van der Waals surface area contributed by atoms with Gasteiger partial charge in [-0.1, -0.05) is 6.07 Å². The SMILES string of the molecule is CNCc1cc(F)ccc1-c1ccc(F)c(F)c1F. The second-order valence-electron chi connectivity index (χ2n) is 4.05. The molecule has 1 nitrogen and oxygen atoms in total. The summed E-state index contributed by atoms with van der Waals surface area (Å²) >= 11 is 0. The molecule has 0 spiro atoms. The highest BCUT2D eigenvalue weighted by Crippen LogP contribution is 2.29. The van der Waals surface area contributed by atoms with E-state index in [1.807, 2.05) is 0 Å². The molecular formula is C14H11F4N. The van der Waals surface area contributed by atoms with Crippen molar-refractivity contribution in [3.05, 3.63) is 59.2 Å². The van der Waals surface area contributed by atoms with Crippen LogP contribution in [0.1, 0.15) is 5.56 Å². The maximum atomic E-state index is 13.7. The first-order valence-corrected chi connectivity index (χ1v) is 5.61. The van der Waals surface area contributed by atoms with Crippen molar-refractivity contribution < 1.29 is 17.6 Å². The number of hydrogen-bond acceptors (Lipinski definition) is 1. The van der Waals surface area contributed by atoms with Crippen LogP contribution >= 0.6 is 0 Å². The Balaban J connectivity index is 2.62. The van der Waals surface area contributed by atoms with Crippen LogP contribution in [0, 0.1) is 23.3 Å². The topological polar surface area (TPSA) is 12.0 Å². The molecule has 0 unspecified atom stereocenters. The zero-order valence-corrected chi connectivity index (χ0v) is 10.1. The van der Waals surface area contributed by atoms with Gasteiger partial charge in [0.2, 0.25) is 0 Å². The minimum Gasteiger partial charge on any atom is -0.316 e. The third-order valence-electron chi connectivity index (χ3n) is 2.76. The maximum absolute atomic E-state index is 13.7. The molecule has 19 heavy (non-hydrogen) atoms. The smallest absolute Gasteiger partial charge is 0.195 e. The van der Waals surface area contributed by atoms with E-state index in [0.29, 0.717) is 11.1 Å². The van der Waals surface area contributed by atoms with E-state index in [4.69, 9.17) is 0 Å². The van der Waals surface area contributed by atoms with Gasteiger partial charge in [0.1, 0.15) is 5.82 Å². The second-order valence-corrected chi connectivity index (χ2v) is 4.05. The van der Waals surface area contributed by atoms with E-state index in [0.717, 1.165) is 18.2 Å². The molecule has 0 saturated carbocycles. The quantitative estimate of drug-likeness (QED) is 0.662. The summed E-state index contributed by atoms with van der Waals surface area (Å²) in [5, 5.41) is 2.81. The molecule has 0 aliphatic heterocycles. The van der Waals surface area contributed by atoms with Crippen molar-refractivity contribution in [2.75, 3.05) is 7.05 Å². The van der Waals surface area contributed by atoms with Gasteiger partial charge in [-0.25, -0.2) is 17.6 Å². The number of benzene rings is 2. The molecule has 0 amide bonds. The minimum absolute atomic E-state index is 0.0934. The van der Waals surface area contributed by atoms with Crippen molar-refractivity contribution in [1.82, 2.24) is 5.32 Å². The Hall–Kier alpha value is -1.88. The molecule has 100 valence electrons. The molecule has 2 aromatic rings. The highest BCUT2D eigenvalue weighted by molar-refractivity contribution is 5.68. The van der Waals surface area contributed by atoms with Gasteiger partial charge in [-0.2, -0.15) is 0 Å². The van der Waals surface area contributed by atoms with Crippen LogP contribution in [0.5, 0.6) is 0 Å². The van der Waals surface area contributed by atoms with Crippen molar-refractivity contribution in [3.63, 3.8) is 0 Å². The Bertz CT molecular complexity index is 611. The van der Waals surface area contributed by atoms with Gasteiger partial charge in [0, 0.05) is 12.1 Å². The molecule has 0 aromatic heterocycles. The first-order valence-electron chi connectivity index (χ1n) is 5.61. The Labute approximate surface area is 107 Å².